The van der Waals surface area contributed by atoms with E-state index >= 15 is 0 Å². The molecular formula is C15H21BrN2S. The lowest BCUT2D eigenvalue weighted by Gasteiger charge is -2.31. The van der Waals surface area contributed by atoms with E-state index in [9.17, 15) is 0 Å². The number of benzene rings is 1. The van der Waals surface area contributed by atoms with Crippen molar-refractivity contribution in [3.05, 3.63) is 28.2 Å². The van der Waals surface area contributed by atoms with Gasteiger partial charge in [-0.2, -0.15) is 0 Å². The molecule has 19 heavy (non-hydrogen) atoms. The second-order valence-corrected chi connectivity index (χ2v) is 8.00. The molecule has 1 atom stereocenters. The highest BCUT2D eigenvalue weighted by atomic mass is 79.9. The van der Waals surface area contributed by atoms with Crippen molar-refractivity contribution in [2.75, 3.05) is 11.1 Å². The van der Waals surface area contributed by atoms with E-state index in [1.165, 1.54) is 5.56 Å². The van der Waals surface area contributed by atoms with Gasteiger partial charge in [0.2, 0.25) is 0 Å². The van der Waals surface area contributed by atoms with E-state index in [1.54, 1.807) is 0 Å². The molecule has 0 aromatic heterocycles. The Morgan fingerprint density at radius 2 is 2.11 bits per heavy atom. The third-order valence-corrected chi connectivity index (χ3v) is 4.88. The number of hydrogen-bond acceptors (Lipinski definition) is 3. The lowest BCUT2D eigenvalue weighted by Crippen LogP contribution is -2.30. The molecule has 1 unspecified atom stereocenters. The number of amidine groups is 1. The van der Waals surface area contributed by atoms with Crippen molar-refractivity contribution in [3.63, 3.8) is 0 Å². The molecule has 4 heteroatoms. The van der Waals surface area contributed by atoms with Crippen LogP contribution in [0.2, 0.25) is 0 Å². The number of aliphatic imine (C=N–C) groups is 1. The second-order valence-electron chi connectivity index (χ2n) is 6.06. The third-order valence-electron chi connectivity index (χ3n) is 3.27. The molecule has 104 valence electrons. The number of halogens is 1. The number of rotatable bonds is 1. The molecule has 1 N–H and O–H groups in total. The average molecular weight is 341 g/mol. The maximum absolute atomic E-state index is 4.87. The monoisotopic (exact) mass is 340 g/mol. The Hall–Kier alpha value is -0.480. The van der Waals surface area contributed by atoms with E-state index in [0.717, 1.165) is 27.5 Å². The van der Waals surface area contributed by atoms with Crippen molar-refractivity contribution in [3.8, 4) is 0 Å². The molecule has 1 aliphatic heterocycles. The smallest absolute Gasteiger partial charge is 0.161 e. The van der Waals surface area contributed by atoms with E-state index < -0.39 is 0 Å². The van der Waals surface area contributed by atoms with Crippen LogP contribution in [0, 0.1) is 12.3 Å². The summed E-state index contributed by atoms with van der Waals surface area (Å²) < 4.78 is 1.08. The SMILES string of the molecule is Cc1ccc(Br)c(NC2=NC(C(C)(C)C)CCS2)c1. The molecule has 0 saturated heterocycles. The van der Waals surface area contributed by atoms with E-state index in [2.05, 4.69) is 67.1 Å². The summed E-state index contributed by atoms with van der Waals surface area (Å²) in [5.74, 6) is 1.14. The summed E-state index contributed by atoms with van der Waals surface area (Å²) in [5.41, 5.74) is 2.58. The van der Waals surface area contributed by atoms with Gasteiger partial charge in [-0.3, -0.25) is 4.99 Å². The molecule has 1 aliphatic rings. The Morgan fingerprint density at radius 3 is 2.79 bits per heavy atom. The lowest BCUT2D eigenvalue weighted by atomic mass is 9.85. The van der Waals surface area contributed by atoms with Crippen LogP contribution < -0.4 is 5.32 Å². The molecule has 0 bridgehead atoms. The largest absolute Gasteiger partial charge is 0.334 e. The normalized spacial score (nSPS) is 20.1. The van der Waals surface area contributed by atoms with Gasteiger partial charge < -0.3 is 5.32 Å². The van der Waals surface area contributed by atoms with E-state index in [4.69, 9.17) is 4.99 Å². The summed E-state index contributed by atoms with van der Waals surface area (Å²) in [6, 6.07) is 6.73. The van der Waals surface area contributed by atoms with E-state index in [-0.39, 0.29) is 5.41 Å². The van der Waals surface area contributed by atoms with Gasteiger partial charge in [-0.05, 0) is 52.4 Å². The first-order chi connectivity index (χ1) is 8.86. The first-order valence-electron chi connectivity index (χ1n) is 6.60. The summed E-state index contributed by atoms with van der Waals surface area (Å²) in [7, 11) is 0. The van der Waals surface area contributed by atoms with Gasteiger partial charge in [0.25, 0.3) is 0 Å². The Balaban J connectivity index is 2.18. The Labute approximate surface area is 128 Å². The van der Waals surface area contributed by atoms with Crippen molar-refractivity contribution < 1.29 is 0 Å². The molecule has 0 saturated carbocycles. The van der Waals surface area contributed by atoms with E-state index in [0.29, 0.717) is 6.04 Å². The minimum Gasteiger partial charge on any atom is -0.334 e. The van der Waals surface area contributed by atoms with E-state index in [1.807, 2.05) is 11.8 Å². The highest BCUT2D eigenvalue weighted by Gasteiger charge is 2.27. The molecule has 0 spiro atoms. The Morgan fingerprint density at radius 1 is 1.37 bits per heavy atom. The fourth-order valence-electron chi connectivity index (χ4n) is 2.06. The highest BCUT2D eigenvalue weighted by Crippen LogP contribution is 2.32. The molecule has 0 aliphatic carbocycles. The van der Waals surface area contributed by atoms with Crippen molar-refractivity contribution in [2.24, 2.45) is 10.4 Å². The fraction of sp³-hybridized carbons (Fsp3) is 0.533. The summed E-state index contributed by atoms with van der Waals surface area (Å²) in [6.07, 6.45) is 1.16. The van der Waals surface area contributed by atoms with Gasteiger partial charge in [-0.15, -0.1) is 0 Å². The number of nitrogens with zero attached hydrogens (tertiary/aromatic N) is 1. The number of hydrogen-bond donors (Lipinski definition) is 1. The van der Waals surface area contributed by atoms with Gasteiger partial charge >= 0.3 is 0 Å². The molecular weight excluding hydrogens is 320 g/mol. The highest BCUT2D eigenvalue weighted by molar-refractivity contribution is 9.10. The zero-order valence-electron chi connectivity index (χ0n) is 12.0. The Kier molecular flexibility index (Phi) is 4.62. The summed E-state index contributed by atoms with van der Waals surface area (Å²) >= 11 is 5.40. The predicted molar refractivity (Wildman–Crippen MR) is 90.3 cm³/mol. The van der Waals surface area contributed by atoms with Gasteiger partial charge in [0, 0.05) is 10.2 Å². The van der Waals surface area contributed by atoms with Crippen molar-refractivity contribution in [1.82, 2.24) is 0 Å². The summed E-state index contributed by atoms with van der Waals surface area (Å²) in [4.78, 5) is 4.87. The van der Waals surface area contributed by atoms with Gasteiger partial charge in [0.15, 0.2) is 5.17 Å². The average Bonchev–Trinajstić information content (AvgIpc) is 2.33. The van der Waals surface area contributed by atoms with Gasteiger partial charge in [0.1, 0.15) is 0 Å². The van der Waals surface area contributed by atoms with Gasteiger partial charge in [0.05, 0.1) is 11.7 Å². The topological polar surface area (TPSA) is 24.4 Å². The molecule has 0 fully saturated rings. The predicted octanol–water partition coefficient (Wildman–Crippen LogP) is 5.08. The van der Waals surface area contributed by atoms with Crippen LogP contribution in [-0.2, 0) is 0 Å². The van der Waals surface area contributed by atoms with Crippen LogP contribution in [-0.4, -0.2) is 17.0 Å². The molecule has 1 aromatic rings. The van der Waals surface area contributed by atoms with Crippen LogP contribution in [0.25, 0.3) is 0 Å². The molecule has 2 nitrogen and oxygen atoms in total. The maximum Gasteiger partial charge on any atom is 0.161 e. The summed E-state index contributed by atoms with van der Waals surface area (Å²) in [6.45, 7) is 8.89. The van der Waals surface area contributed by atoms with Crippen LogP contribution in [0.1, 0.15) is 32.8 Å². The van der Waals surface area contributed by atoms with Crippen LogP contribution in [0.5, 0.6) is 0 Å². The molecule has 2 rings (SSSR count). The number of nitrogens with one attached hydrogen (secondary N) is 1. The minimum absolute atomic E-state index is 0.234. The molecule has 1 aromatic carbocycles. The van der Waals surface area contributed by atoms with Crippen molar-refractivity contribution in [2.45, 2.75) is 40.2 Å². The van der Waals surface area contributed by atoms with Gasteiger partial charge in [-0.1, -0.05) is 38.6 Å². The minimum atomic E-state index is 0.234. The second kappa shape index (κ2) is 5.88. The van der Waals surface area contributed by atoms with Crippen LogP contribution in [0.15, 0.2) is 27.7 Å². The van der Waals surface area contributed by atoms with Crippen molar-refractivity contribution in [1.29, 1.82) is 0 Å². The lowest BCUT2D eigenvalue weighted by molar-refractivity contribution is 0.316. The van der Waals surface area contributed by atoms with Gasteiger partial charge in [-0.25, -0.2) is 0 Å². The van der Waals surface area contributed by atoms with Crippen molar-refractivity contribution >= 4 is 38.5 Å². The number of anilines is 1. The molecule has 0 radical (unpaired) electrons. The number of thioether (sulfide) groups is 1. The van der Waals surface area contributed by atoms with Crippen LogP contribution in [0.3, 0.4) is 0 Å². The maximum atomic E-state index is 4.87. The standard InChI is InChI=1S/C15H21BrN2S/c1-10-5-6-11(16)12(9-10)17-14-18-13(7-8-19-14)15(2,3)4/h5-6,9,13H,7-8H2,1-4H3,(H,17,18). The fourth-order valence-corrected chi connectivity index (χ4v) is 3.32. The third kappa shape index (κ3) is 3.99. The Bertz CT molecular complexity index is 491. The molecule has 1 heterocycles. The van der Waals surface area contributed by atoms with Crippen LogP contribution in [0.4, 0.5) is 5.69 Å². The quantitative estimate of drug-likeness (QED) is 0.771. The first kappa shape index (κ1) is 14.9. The first-order valence-corrected chi connectivity index (χ1v) is 8.38. The van der Waals surface area contributed by atoms with Crippen LogP contribution >= 0.6 is 27.7 Å². The zero-order valence-corrected chi connectivity index (χ0v) is 14.4. The molecule has 0 amide bonds. The summed E-state index contributed by atoms with van der Waals surface area (Å²) in [5, 5.41) is 4.50. The number of aryl methyl sites for hydroxylation is 1. The zero-order chi connectivity index (χ0) is 14.0.